The average molecular weight is 254 g/mol. The molecular formula is C12H18N2O2S. The molecule has 2 N–H and O–H groups in total. The molecule has 1 fully saturated rings. The molecule has 94 valence electrons. The van der Waals surface area contributed by atoms with Gasteiger partial charge in [0.2, 0.25) is 10.0 Å². The first-order chi connectivity index (χ1) is 8.03. The second-order valence-electron chi connectivity index (χ2n) is 4.62. The van der Waals surface area contributed by atoms with Crippen LogP contribution in [0.5, 0.6) is 0 Å². The molecule has 1 aromatic rings. The van der Waals surface area contributed by atoms with Crippen LogP contribution in [-0.4, -0.2) is 21.5 Å². The van der Waals surface area contributed by atoms with Crippen molar-refractivity contribution in [2.24, 2.45) is 5.92 Å². The van der Waals surface area contributed by atoms with Gasteiger partial charge in [-0.1, -0.05) is 19.1 Å². The predicted molar refractivity (Wildman–Crippen MR) is 68.5 cm³/mol. The maximum atomic E-state index is 11.8. The van der Waals surface area contributed by atoms with Crippen LogP contribution >= 0.6 is 0 Å². The van der Waals surface area contributed by atoms with Gasteiger partial charge in [-0.2, -0.15) is 0 Å². The van der Waals surface area contributed by atoms with E-state index >= 15 is 0 Å². The summed E-state index contributed by atoms with van der Waals surface area (Å²) in [5, 5.41) is 3.30. The van der Waals surface area contributed by atoms with Crippen LogP contribution < -0.4 is 10.0 Å². The van der Waals surface area contributed by atoms with E-state index in [1.807, 2.05) is 12.1 Å². The summed E-state index contributed by atoms with van der Waals surface area (Å²) in [6.45, 7) is 2.20. The van der Waals surface area contributed by atoms with Crippen LogP contribution in [0.4, 0.5) is 5.69 Å². The Kier molecular flexibility index (Phi) is 3.40. The number of rotatable bonds is 4. The van der Waals surface area contributed by atoms with Gasteiger partial charge in [0.25, 0.3) is 0 Å². The van der Waals surface area contributed by atoms with E-state index in [0.29, 0.717) is 16.6 Å². The Morgan fingerprint density at radius 1 is 1.24 bits per heavy atom. The first-order valence-electron chi connectivity index (χ1n) is 5.82. The van der Waals surface area contributed by atoms with E-state index in [1.54, 1.807) is 12.1 Å². The fourth-order valence-corrected chi connectivity index (χ4v) is 3.06. The van der Waals surface area contributed by atoms with Gasteiger partial charge in [-0.3, -0.25) is 0 Å². The lowest BCUT2D eigenvalue weighted by Crippen LogP contribution is -2.34. The number of anilines is 1. The quantitative estimate of drug-likeness (QED) is 0.861. The number of sulfonamides is 1. The van der Waals surface area contributed by atoms with Crippen LogP contribution in [0.1, 0.15) is 19.8 Å². The van der Waals surface area contributed by atoms with Crippen LogP contribution in [0.2, 0.25) is 0 Å². The molecule has 17 heavy (non-hydrogen) atoms. The molecule has 1 aliphatic carbocycles. The topological polar surface area (TPSA) is 58.2 Å². The van der Waals surface area contributed by atoms with E-state index in [9.17, 15) is 8.42 Å². The summed E-state index contributed by atoms with van der Waals surface area (Å²) >= 11 is 0. The normalized spacial score (nSPS) is 24.1. The fraction of sp³-hybridized carbons (Fsp3) is 0.500. The Labute approximate surface area is 102 Å². The van der Waals surface area contributed by atoms with Gasteiger partial charge in [0.05, 0.1) is 5.69 Å². The minimum absolute atomic E-state index is 0.321. The molecular weight excluding hydrogens is 236 g/mol. The molecule has 2 rings (SSSR count). The third-order valence-electron chi connectivity index (χ3n) is 3.18. The molecule has 1 saturated carbocycles. The van der Waals surface area contributed by atoms with E-state index in [0.717, 1.165) is 18.8 Å². The van der Waals surface area contributed by atoms with Gasteiger partial charge in [0, 0.05) is 6.04 Å². The van der Waals surface area contributed by atoms with E-state index in [4.69, 9.17) is 0 Å². The lowest BCUT2D eigenvalue weighted by molar-refractivity contribution is 0.309. The summed E-state index contributed by atoms with van der Waals surface area (Å²) in [5.41, 5.74) is 0.693. The number of benzene rings is 1. The summed E-state index contributed by atoms with van der Waals surface area (Å²) in [4.78, 5) is 0.321. The standard InChI is InChI=1S/C12H18N2O2S/c1-9-7-10(8-9)14-11-5-3-4-6-12(11)17(15,16)13-2/h3-6,9-10,13-14H,7-8H2,1-2H3. The highest BCUT2D eigenvalue weighted by molar-refractivity contribution is 7.89. The zero-order valence-corrected chi connectivity index (χ0v) is 10.9. The van der Waals surface area contributed by atoms with Crippen LogP contribution in [0.3, 0.4) is 0 Å². The molecule has 0 aliphatic heterocycles. The molecule has 0 aromatic heterocycles. The number of hydrogen-bond donors (Lipinski definition) is 2. The van der Waals surface area contributed by atoms with Crippen molar-refractivity contribution in [2.75, 3.05) is 12.4 Å². The minimum atomic E-state index is -3.38. The second-order valence-corrected chi connectivity index (χ2v) is 6.48. The van der Waals surface area contributed by atoms with Crippen LogP contribution in [0, 0.1) is 5.92 Å². The van der Waals surface area contributed by atoms with E-state index in [-0.39, 0.29) is 0 Å². The Morgan fingerprint density at radius 2 is 1.88 bits per heavy atom. The highest BCUT2D eigenvalue weighted by Crippen LogP contribution is 2.31. The highest BCUT2D eigenvalue weighted by atomic mass is 32.2. The molecule has 0 amide bonds. The first kappa shape index (κ1) is 12.4. The van der Waals surface area contributed by atoms with Gasteiger partial charge in [-0.05, 0) is 37.9 Å². The SMILES string of the molecule is CNS(=O)(=O)c1ccccc1NC1CC(C)C1. The third kappa shape index (κ3) is 2.61. The monoisotopic (exact) mass is 254 g/mol. The lowest BCUT2D eigenvalue weighted by Gasteiger charge is -2.34. The largest absolute Gasteiger partial charge is 0.381 e. The highest BCUT2D eigenvalue weighted by Gasteiger charge is 2.26. The molecule has 5 heteroatoms. The lowest BCUT2D eigenvalue weighted by atomic mass is 9.82. The first-order valence-corrected chi connectivity index (χ1v) is 7.30. The van der Waals surface area contributed by atoms with Crippen molar-refractivity contribution < 1.29 is 8.42 Å². The van der Waals surface area contributed by atoms with Crippen molar-refractivity contribution in [1.29, 1.82) is 0 Å². The van der Waals surface area contributed by atoms with Crippen molar-refractivity contribution in [3.8, 4) is 0 Å². The fourth-order valence-electron chi connectivity index (χ4n) is 2.17. The van der Waals surface area contributed by atoms with Gasteiger partial charge in [-0.25, -0.2) is 13.1 Å². The summed E-state index contributed by atoms with van der Waals surface area (Å²) in [5.74, 6) is 0.737. The molecule has 0 heterocycles. The van der Waals surface area contributed by atoms with Crippen molar-refractivity contribution >= 4 is 15.7 Å². The predicted octanol–water partition coefficient (Wildman–Crippen LogP) is 1.81. The number of para-hydroxylation sites is 1. The maximum absolute atomic E-state index is 11.8. The van der Waals surface area contributed by atoms with Crippen molar-refractivity contribution in [2.45, 2.75) is 30.7 Å². The van der Waals surface area contributed by atoms with E-state index < -0.39 is 10.0 Å². The summed E-state index contributed by atoms with van der Waals surface area (Å²) < 4.78 is 26.0. The van der Waals surface area contributed by atoms with Crippen LogP contribution in [0.25, 0.3) is 0 Å². The van der Waals surface area contributed by atoms with Crippen LogP contribution in [0.15, 0.2) is 29.2 Å². The minimum Gasteiger partial charge on any atom is -0.381 e. The summed E-state index contributed by atoms with van der Waals surface area (Å²) in [7, 11) is -1.96. The Balaban J connectivity index is 2.22. The van der Waals surface area contributed by atoms with Crippen molar-refractivity contribution in [1.82, 2.24) is 4.72 Å². The summed E-state index contributed by atoms with van der Waals surface area (Å²) in [6.07, 6.45) is 2.21. The molecule has 0 radical (unpaired) electrons. The van der Waals surface area contributed by atoms with E-state index in [1.165, 1.54) is 7.05 Å². The van der Waals surface area contributed by atoms with Gasteiger partial charge in [-0.15, -0.1) is 0 Å². The number of nitrogens with one attached hydrogen (secondary N) is 2. The van der Waals surface area contributed by atoms with Gasteiger partial charge in [0.1, 0.15) is 4.90 Å². The smallest absolute Gasteiger partial charge is 0.242 e. The van der Waals surface area contributed by atoms with Gasteiger partial charge >= 0.3 is 0 Å². The molecule has 0 atom stereocenters. The van der Waals surface area contributed by atoms with Gasteiger partial charge in [0.15, 0.2) is 0 Å². The van der Waals surface area contributed by atoms with Crippen LogP contribution in [-0.2, 0) is 10.0 Å². The average Bonchev–Trinajstić information content (AvgIpc) is 2.27. The van der Waals surface area contributed by atoms with E-state index in [2.05, 4.69) is 17.0 Å². The number of hydrogen-bond acceptors (Lipinski definition) is 3. The molecule has 0 unspecified atom stereocenters. The Bertz CT molecular complexity index is 493. The molecule has 1 aromatic carbocycles. The zero-order chi connectivity index (χ0) is 12.5. The second kappa shape index (κ2) is 4.66. The third-order valence-corrected chi connectivity index (χ3v) is 4.65. The Morgan fingerprint density at radius 3 is 2.47 bits per heavy atom. The van der Waals surface area contributed by atoms with Gasteiger partial charge < -0.3 is 5.32 Å². The molecule has 1 aliphatic rings. The van der Waals surface area contributed by atoms with Crippen molar-refractivity contribution in [3.63, 3.8) is 0 Å². The zero-order valence-electron chi connectivity index (χ0n) is 10.1. The summed E-state index contributed by atoms with van der Waals surface area (Å²) in [6, 6.07) is 7.42. The van der Waals surface area contributed by atoms with Crippen molar-refractivity contribution in [3.05, 3.63) is 24.3 Å². The molecule has 0 bridgehead atoms. The Hall–Kier alpha value is -1.07. The molecule has 4 nitrogen and oxygen atoms in total. The molecule has 0 saturated heterocycles. The molecule has 0 spiro atoms. The maximum Gasteiger partial charge on any atom is 0.242 e.